The molecule has 18 heavy (non-hydrogen) atoms. The number of nitrogens with one attached hydrogen (secondary N) is 1. The Morgan fingerprint density at radius 3 is 2.89 bits per heavy atom. The maximum absolute atomic E-state index is 13.3. The van der Waals surface area contributed by atoms with Crippen LogP contribution in [0.2, 0.25) is 0 Å². The number of methoxy groups -OCH3 is 1. The molecule has 0 aliphatic carbocycles. The molecule has 0 amide bonds. The maximum atomic E-state index is 13.3. The molecule has 2 rings (SSSR count). The molecular formula is C13H19ClFNO2. The summed E-state index contributed by atoms with van der Waals surface area (Å²) in [6, 6.07) is 4.90. The van der Waals surface area contributed by atoms with Gasteiger partial charge in [0.05, 0.1) is 6.61 Å². The van der Waals surface area contributed by atoms with Crippen LogP contribution in [0.5, 0.6) is 5.75 Å². The average molecular weight is 276 g/mol. The Kier molecular flexibility index (Phi) is 6.39. The molecule has 0 spiro atoms. The van der Waals surface area contributed by atoms with Crippen LogP contribution in [0.3, 0.4) is 0 Å². The summed E-state index contributed by atoms with van der Waals surface area (Å²) in [4.78, 5) is 0. The monoisotopic (exact) mass is 275 g/mol. The van der Waals surface area contributed by atoms with Crippen LogP contribution in [-0.2, 0) is 4.74 Å². The van der Waals surface area contributed by atoms with Gasteiger partial charge in [-0.05, 0) is 37.6 Å². The molecule has 1 unspecified atom stereocenters. The summed E-state index contributed by atoms with van der Waals surface area (Å²) in [7, 11) is 1.63. The quantitative estimate of drug-likeness (QED) is 0.838. The summed E-state index contributed by atoms with van der Waals surface area (Å²) in [5, 5.41) is 3.35. The van der Waals surface area contributed by atoms with E-state index >= 15 is 0 Å². The van der Waals surface area contributed by atoms with Crippen LogP contribution >= 0.6 is 12.4 Å². The molecule has 102 valence electrons. The molecule has 1 N–H and O–H groups in total. The van der Waals surface area contributed by atoms with Gasteiger partial charge >= 0.3 is 0 Å². The number of hydrogen-bond acceptors (Lipinski definition) is 3. The van der Waals surface area contributed by atoms with Gasteiger partial charge in [-0.25, -0.2) is 4.39 Å². The molecule has 1 aromatic rings. The Morgan fingerprint density at radius 2 is 2.22 bits per heavy atom. The molecule has 0 bridgehead atoms. The molecule has 0 saturated carbocycles. The average Bonchev–Trinajstić information content (AvgIpc) is 2.85. The summed E-state index contributed by atoms with van der Waals surface area (Å²) in [5.41, 5.74) is 0.915. The first-order valence-corrected chi connectivity index (χ1v) is 5.96. The summed E-state index contributed by atoms with van der Waals surface area (Å²) in [6.07, 6.45) is 2.16. The predicted molar refractivity (Wildman–Crippen MR) is 71.0 cm³/mol. The van der Waals surface area contributed by atoms with E-state index in [1.54, 1.807) is 19.2 Å². The van der Waals surface area contributed by atoms with E-state index in [4.69, 9.17) is 9.47 Å². The Morgan fingerprint density at radius 1 is 1.39 bits per heavy atom. The summed E-state index contributed by atoms with van der Waals surface area (Å²) < 4.78 is 23.8. The second-order valence-electron chi connectivity index (χ2n) is 4.17. The minimum absolute atomic E-state index is 0. The highest BCUT2D eigenvalue weighted by Crippen LogP contribution is 2.31. The van der Waals surface area contributed by atoms with Gasteiger partial charge in [0.15, 0.2) is 0 Å². The van der Waals surface area contributed by atoms with Crippen LogP contribution < -0.4 is 10.1 Å². The molecule has 1 aliphatic heterocycles. The Hall–Kier alpha value is -0.840. The third-order valence-electron chi connectivity index (χ3n) is 2.95. The van der Waals surface area contributed by atoms with Gasteiger partial charge < -0.3 is 14.8 Å². The van der Waals surface area contributed by atoms with Crippen molar-refractivity contribution in [2.45, 2.75) is 18.9 Å². The van der Waals surface area contributed by atoms with E-state index in [-0.39, 0.29) is 24.3 Å². The van der Waals surface area contributed by atoms with E-state index in [2.05, 4.69) is 5.32 Å². The molecule has 1 saturated heterocycles. The van der Waals surface area contributed by atoms with Gasteiger partial charge in [0.2, 0.25) is 0 Å². The molecule has 5 heteroatoms. The van der Waals surface area contributed by atoms with Gasteiger partial charge in [-0.3, -0.25) is 0 Å². The Labute approximate surface area is 113 Å². The number of rotatable bonds is 5. The van der Waals surface area contributed by atoms with E-state index in [1.165, 1.54) is 6.07 Å². The number of halogens is 2. The third-order valence-corrected chi connectivity index (χ3v) is 2.95. The lowest BCUT2D eigenvalue weighted by molar-refractivity contribution is 0.145. The number of ether oxygens (including phenoxy) is 2. The SMILES string of the molecule is COCCOc1ccc(F)cc1C1CCCN1.Cl. The van der Waals surface area contributed by atoms with Gasteiger partial charge in [0, 0.05) is 18.7 Å². The van der Waals surface area contributed by atoms with E-state index in [1.807, 2.05) is 0 Å². The van der Waals surface area contributed by atoms with Crippen molar-refractivity contribution in [3.05, 3.63) is 29.6 Å². The zero-order valence-corrected chi connectivity index (χ0v) is 11.3. The van der Waals surface area contributed by atoms with Crippen LogP contribution in [0.4, 0.5) is 4.39 Å². The lowest BCUT2D eigenvalue weighted by Gasteiger charge is -2.16. The fraction of sp³-hybridized carbons (Fsp3) is 0.538. The first kappa shape index (κ1) is 15.2. The molecule has 1 aromatic carbocycles. The Bertz CT molecular complexity index is 370. The van der Waals surface area contributed by atoms with Crippen molar-refractivity contribution in [2.75, 3.05) is 26.9 Å². The highest BCUT2D eigenvalue weighted by molar-refractivity contribution is 5.85. The van der Waals surface area contributed by atoms with Crippen molar-refractivity contribution >= 4 is 12.4 Å². The zero-order valence-electron chi connectivity index (χ0n) is 10.4. The lowest BCUT2D eigenvalue weighted by atomic mass is 10.0. The van der Waals surface area contributed by atoms with E-state index in [9.17, 15) is 4.39 Å². The van der Waals surface area contributed by atoms with Gasteiger partial charge in [-0.1, -0.05) is 0 Å². The minimum atomic E-state index is -0.215. The van der Waals surface area contributed by atoms with Crippen molar-refractivity contribution in [1.29, 1.82) is 0 Å². The second-order valence-corrected chi connectivity index (χ2v) is 4.17. The van der Waals surface area contributed by atoms with Crippen molar-refractivity contribution < 1.29 is 13.9 Å². The molecule has 3 nitrogen and oxygen atoms in total. The number of benzene rings is 1. The van der Waals surface area contributed by atoms with Crippen LogP contribution in [-0.4, -0.2) is 26.9 Å². The normalized spacial score (nSPS) is 18.4. The first-order valence-electron chi connectivity index (χ1n) is 5.96. The summed E-state index contributed by atoms with van der Waals surface area (Å²) >= 11 is 0. The fourth-order valence-electron chi connectivity index (χ4n) is 2.11. The van der Waals surface area contributed by atoms with E-state index < -0.39 is 0 Å². The molecule has 0 aromatic heterocycles. The molecule has 1 atom stereocenters. The lowest BCUT2D eigenvalue weighted by Crippen LogP contribution is -2.15. The summed E-state index contributed by atoms with van der Waals surface area (Å²) in [6.45, 7) is 2.01. The maximum Gasteiger partial charge on any atom is 0.124 e. The smallest absolute Gasteiger partial charge is 0.124 e. The molecule has 0 radical (unpaired) electrons. The highest BCUT2D eigenvalue weighted by Gasteiger charge is 2.20. The first-order chi connectivity index (χ1) is 8.31. The minimum Gasteiger partial charge on any atom is -0.491 e. The van der Waals surface area contributed by atoms with Crippen LogP contribution in [0, 0.1) is 5.82 Å². The molecule has 1 aliphatic rings. The summed E-state index contributed by atoms with van der Waals surface area (Å²) in [5.74, 6) is 0.538. The second kappa shape index (κ2) is 7.56. The standard InChI is InChI=1S/C13H18FNO2.ClH/c1-16-7-8-17-13-5-4-10(14)9-11(13)12-3-2-6-15-12;/h4-5,9,12,15H,2-3,6-8H2,1H3;1H. The third kappa shape index (κ3) is 3.83. The number of hydrogen-bond donors (Lipinski definition) is 1. The van der Waals surface area contributed by atoms with Crippen LogP contribution in [0.25, 0.3) is 0 Å². The largest absolute Gasteiger partial charge is 0.491 e. The van der Waals surface area contributed by atoms with Crippen molar-refractivity contribution in [2.24, 2.45) is 0 Å². The molecular weight excluding hydrogens is 257 g/mol. The highest BCUT2D eigenvalue weighted by atomic mass is 35.5. The topological polar surface area (TPSA) is 30.5 Å². The van der Waals surface area contributed by atoms with Crippen molar-refractivity contribution in [3.8, 4) is 5.75 Å². The van der Waals surface area contributed by atoms with Gasteiger partial charge in [-0.2, -0.15) is 0 Å². The van der Waals surface area contributed by atoms with Gasteiger partial charge in [0.25, 0.3) is 0 Å². The van der Waals surface area contributed by atoms with Crippen molar-refractivity contribution in [3.63, 3.8) is 0 Å². The molecule has 1 heterocycles. The van der Waals surface area contributed by atoms with Gasteiger partial charge in [0.1, 0.15) is 18.2 Å². The van der Waals surface area contributed by atoms with E-state index in [0.29, 0.717) is 13.2 Å². The van der Waals surface area contributed by atoms with Crippen molar-refractivity contribution in [1.82, 2.24) is 5.32 Å². The van der Waals surface area contributed by atoms with Crippen LogP contribution in [0.1, 0.15) is 24.4 Å². The zero-order chi connectivity index (χ0) is 12.1. The Balaban J connectivity index is 0.00000162. The predicted octanol–water partition coefficient (Wildman–Crippen LogP) is 2.70. The molecule has 1 fully saturated rings. The fourth-order valence-corrected chi connectivity index (χ4v) is 2.11. The van der Waals surface area contributed by atoms with E-state index in [0.717, 1.165) is 30.7 Å². The van der Waals surface area contributed by atoms with Crippen LogP contribution in [0.15, 0.2) is 18.2 Å². The van der Waals surface area contributed by atoms with Gasteiger partial charge in [-0.15, -0.1) is 12.4 Å².